The summed E-state index contributed by atoms with van der Waals surface area (Å²) in [7, 11) is -2.11. The zero-order chi connectivity index (χ0) is 19.0. The van der Waals surface area contributed by atoms with E-state index in [2.05, 4.69) is 19.8 Å². The summed E-state index contributed by atoms with van der Waals surface area (Å²) in [5.41, 5.74) is 1.99. The smallest absolute Gasteiger partial charge is 0.263 e. The first-order valence-corrected chi connectivity index (χ1v) is 9.43. The molecule has 0 aliphatic carbocycles. The lowest BCUT2D eigenvalue weighted by atomic mass is 10.2. The van der Waals surface area contributed by atoms with Gasteiger partial charge in [0.2, 0.25) is 0 Å². The van der Waals surface area contributed by atoms with Gasteiger partial charge < -0.3 is 0 Å². The minimum Gasteiger partial charge on any atom is -0.277 e. The Morgan fingerprint density at radius 1 is 1.07 bits per heavy atom. The van der Waals surface area contributed by atoms with Crippen LogP contribution < -0.4 is 4.72 Å². The van der Waals surface area contributed by atoms with Crippen molar-refractivity contribution in [2.45, 2.75) is 4.90 Å². The van der Waals surface area contributed by atoms with Crippen molar-refractivity contribution in [1.82, 2.24) is 19.7 Å². The van der Waals surface area contributed by atoms with Crippen LogP contribution in [-0.4, -0.2) is 28.2 Å². The molecule has 1 aromatic carbocycles. The highest BCUT2D eigenvalue weighted by Gasteiger charge is 2.17. The maximum absolute atomic E-state index is 13.3. The lowest BCUT2D eigenvalue weighted by molar-refractivity contribution is 0.601. The molecule has 4 aromatic rings. The summed E-state index contributed by atoms with van der Waals surface area (Å²) < 4.78 is 42.9. The molecule has 9 heteroatoms. The first kappa shape index (κ1) is 17.1. The van der Waals surface area contributed by atoms with Gasteiger partial charge in [-0.2, -0.15) is 5.10 Å². The normalized spacial score (nSPS) is 11.6. The van der Waals surface area contributed by atoms with Crippen LogP contribution in [0.5, 0.6) is 0 Å². The highest BCUT2D eigenvalue weighted by atomic mass is 32.2. The summed E-state index contributed by atoms with van der Waals surface area (Å²) in [6.07, 6.45) is 5.44. The van der Waals surface area contributed by atoms with Gasteiger partial charge in [-0.05, 0) is 24.3 Å². The molecule has 0 aliphatic rings. The second-order valence-corrected chi connectivity index (χ2v) is 7.57. The van der Waals surface area contributed by atoms with Crippen LogP contribution in [0.4, 0.5) is 10.1 Å². The molecule has 0 radical (unpaired) electrons. The van der Waals surface area contributed by atoms with Crippen molar-refractivity contribution < 1.29 is 12.8 Å². The van der Waals surface area contributed by atoms with Crippen molar-refractivity contribution in [2.75, 3.05) is 4.72 Å². The Kier molecular flexibility index (Phi) is 4.08. The number of rotatable bonds is 4. The molecule has 136 valence electrons. The number of anilines is 1. The average Bonchev–Trinajstić information content (AvgIpc) is 3.04. The second-order valence-electron chi connectivity index (χ2n) is 5.89. The topological polar surface area (TPSA) is 89.8 Å². The van der Waals surface area contributed by atoms with Gasteiger partial charge in [0, 0.05) is 30.4 Å². The molecule has 0 atom stereocenters. The van der Waals surface area contributed by atoms with E-state index in [-0.39, 0.29) is 4.90 Å². The van der Waals surface area contributed by atoms with Crippen LogP contribution in [0.1, 0.15) is 0 Å². The molecule has 0 aliphatic heterocycles. The van der Waals surface area contributed by atoms with Gasteiger partial charge in [0.25, 0.3) is 10.0 Å². The summed E-state index contributed by atoms with van der Waals surface area (Å²) >= 11 is 0. The quantitative estimate of drug-likeness (QED) is 0.585. The van der Waals surface area contributed by atoms with E-state index in [0.29, 0.717) is 22.5 Å². The summed E-state index contributed by atoms with van der Waals surface area (Å²) in [5.74, 6) is -0.489. The summed E-state index contributed by atoms with van der Waals surface area (Å²) in [6.45, 7) is 0. The number of pyridine rings is 2. The predicted molar refractivity (Wildman–Crippen MR) is 98.9 cm³/mol. The minimum absolute atomic E-state index is 0.00483. The molecule has 0 bridgehead atoms. The summed E-state index contributed by atoms with van der Waals surface area (Å²) in [6, 6.07) is 9.48. The van der Waals surface area contributed by atoms with Crippen LogP contribution in [0.15, 0.2) is 66.1 Å². The molecule has 0 spiro atoms. The Morgan fingerprint density at radius 3 is 2.67 bits per heavy atom. The van der Waals surface area contributed by atoms with Crippen molar-refractivity contribution in [2.24, 2.45) is 7.05 Å². The first-order chi connectivity index (χ1) is 12.9. The predicted octanol–water partition coefficient (Wildman–Crippen LogP) is 2.97. The number of halogens is 1. The van der Waals surface area contributed by atoms with E-state index >= 15 is 0 Å². The van der Waals surface area contributed by atoms with Gasteiger partial charge in [0.1, 0.15) is 10.7 Å². The molecule has 3 aromatic heterocycles. The molecule has 0 amide bonds. The second kappa shape index (κ2) is 6.44. The maximum Gasteiger partial charge on any atom is 0.263 e. The van der Waals surface area contributed by atoms with Gasteiger partial charge in [0.15, 0.2) is 0 Å². The van der Waals surface area contributed by atoms with E-state index in [1.54, 1.807) is 30.1 Å². The monoisotopic (exact) mass is 383 g/mol. The number of fused-ring (bicyclic) bond motifs is 1. The lowest BCUT2D eigenvalue weighted by Crippen LogP contribution is -2.14. The van der Waals surface area contributed by atoms with Gasteiger partial charge in [-0.15, -0.1) is 0 Å². The minimum atomic E-state index is -3.85. The number of aryl methyl sites for hydroxylation is 1. The highest BCUT2D eigenvalue weighted by Crippen LogP contribution is 2.25. The molecule has 0 unspecified atom stereocenters. The third kappa shape index (κ3) is 3.24. The van der Waals surface area contributed by atoms with Gasteiger partial charge in [-0.25, -0.2) is 12.8 Å². The molecule has 0 fully saturated rings. The molecule has 4 rings (SSSR count). The van der Waals surface area contributed by atoms with Crippen LogP contribution in [0.2, 0.25) is 0 Å². The fourth-order valence-electron chi connectivity index (χ4n) is 2.78. The molecule has 0 saturated heterocycles. The number of benzene rings is 1. The van der Waals surface area contributed by atoms with E-state index in [9.17, 15) is 12.8 Å². The van der Waals surface area contributed by atoms with Crippen molar-refractivity contribution in [1.29, 1.82) is 0 Å². The fourth-order valence-corrected chi connectivity index (χ4v) is 3.79. The largest absolute Gasteiger partial charge is 0.277 e. The average molecular weight is 383 g/mol. The number of hydrogen-bond acceptors (Lipinski definition) is 5. The van der Waals surface area contributed by atoms with Crippen molar-refractivity contribution in [3.05, 3.63) is 67.0 Å². The van der Waals surface area contributed by atoms with E-state index < -0.39 is 15.8 Å². The number of para-hydroxylation sites is 1. The molecule has 0 saturated carbocycles. The third-order valence-corrected chi connectivity index (χ3v) is 5.40. The van der Waals surface area contributed by atoms with Crippen molar-refractivity contribution >= 4 is 26.6 Å². The lowest BCUT2D eigenvalue weighted by Gasteiger charge is -2.10. The number of nitrogens with zero attached hydrogens (tertiary/aromatic N) is 4. The molecule has 7 nitrogen and oxygen atoms in total. The van der Waals surface area contributed by atoms with Crippen LogP contribution >= 0.6 is 0 Å². The number of sulfonamides is 1. The van der Waals surface area contributed by atoms with Crippen molar-refractivity contribution in [3.63, 3.8) is 0 Å². The maximum atomic E-state index is 13.3. The Morgan fingerprint density at radius 2 is 1.93 bits per heavy atom. The highest BCUT2D eigenvalue weighted by molar-refractivity contribution is 7.92. The van der Waals surface area contributed by atoms with Gasteiger partial charge >= 0.3 is 0 Å². The fraction of sp³-hybridized carbons (Fsp3) is 0.0556. The Hall–Kier alpha value is -3.33. The van der Waals surface area contributed by atoms with Crippen LogP contribution in [0.25, 0.3) is 22.2 Å². The van der Waals surface area contributed by atoms with Crippen LogP contribution in [0, 0.1) is 5.82 Å². The van der Waals surface area contributed by atoms with Crippen LogP contribution in [0.3, 0.4) is 0 Å². The van der Waals surface area contributed by atoms with Crippen LogP contribution in [-0.2, 0) is 17.1 Å². The van der Waals surface area contributed by atoms with Crippen molar-refractivity contribution in [3.8, 4) is 11.3 Å². The van der Waals surface area contributed by atoms with Gasteiger partial charge in [0.05, 0.1) is 29.3 Å². The SMILES string of the molecule is Cn1ncc2cccc(NS(=O)(=O)c3ccc(-c4cncc(F)c4)nc3)c21. The van der Waals surface area contributed by atoms with E-state index in [1.807, 2.05) is 6.07 Å². The first-order valence-electron chi connectivity index (χ1n) is 7.94. The Bertz CT molecular complexity index is 1240. The van der Waals surface area contributed by atoms with Gasteiger partial charge in [-0.3, -0.25) is 19.4 Å². The number of aromatic nitrogens is 4. The number of hydrogen-bond donors (Lipinski definition) is 1. The Labute approximate surface area is 154 Å². The molecular weight excluding hydrogens is 369 g/mol. The molecule has 27 heavy (non-hydrogen) atoms. The number of nitrogens with one attached hydrogen (secondary N) is 1. The van der Waals surface area contributed by atoms with E-state index in [4.69, 9.17) is 0 Å². The summed E-state index contributed by atoms with van der Waals surface area (Å²) in [4.78, 5) is 7.89. The third-order valence-electron chi connectivity index (χ3n) is 4.05. The Balaban J connectivity index is 1.67. The molecule has 1 N–H and O–H groups in total. The zero-order valence-corrected chi connectivity index (χ0v) is 15.0. The van der Waals surface area contributed by atoms with E-state index in [0.717, 1.165) is 11.6 Å². The molecule has 3 heterocycles. The summed E-state index contributed by atoms with van der Waals surface area (Å²) in [5, 5.41) is 4.97. The standard InChI is InChI=1S/C18H14FN5O2S/c1-24-18-12(9-22-24)3-2-4-17(18)23-27(25,26)15-5-6-16(21-11-15)13-7-14(19)10-20-8-13/h2-11,23H,1H3. The van der Waals surface area contributed by atoms with Gasteiger partial charge in [-0.1, -0.05) is 12.1 Å². The zero-order valence-electron chi connectivity index (χ0n) is 14.2. The molecular formula is C18H14FN5O2S. The van der Waals surface area contributed by atoms with E-state index in [1.165, 1.54) is 30.6 Å².